The van der Waals surface area contributed by atoms with Crippen LogP contribution in [0, 0.1) is 0 Å². The molecule has 3 heterocycles. The highest BCUT2D eigenvalue weighted by molar-refractivity contribution is 7.99. The van der Waals surface area contributed by atoms with Gasteiger partial charge < -0.3 is 4.74 Å². The zero-order chi connectivity index (χ0) is 13.9. The number of carbonyl (C=O) groups is 1. The third-order valence-electron chi connectivity index (χ3n) is 3.65. The normalized spacial score (nSPS) is 19.1. The van der Waals surface area contributed by atoms with Crippen molar-refractivity contribution in [2.75, 3.05) is 12.9 Å². The summed E-state index contributed by atoms with van der Waals surface area (Å²) >= 11 is 2.04. The lowest BCUT2D eigenvalue weighted by Gasteiger charge is -2.19. The number of imidazole rings is 1. The van der Waals surface area contributed by atoms with E-state index < -0.39 is 0 Å². The van der Waals surface area contributed by atoms with Crippen LogP contribution >= 0.6 is 11.8 Å². The van der Waals surface area contributed by atoms with Gasteiger partial charge in [0.25, 0.3) is 0 Å². The van der Waals surface area contributed by atoms with E-state index in [0.29, 0.717) is 10.9 Å². The van der Waals surface area contributed by atoms with Gasteiger partial charge in [-0.25, -0.2) is 9.78 Å². The summed E-state index contributed by atoms with van der Waals surface area (Å²) in [5, 5.41) is 0.662. The van der Waals surface area contributed by atoms with Crippen LogP contribution in [-0.2, 0) is 11.2 Å². The summed E-state index contributed by atoms with van der Waals surface area (Å²) in [7, 11) is 1.40. The van der Waals surface area contributed by atoms with Crippen LogP contribution in [0.3, 0.4) is 0 Å². The first-order valence-corrected chi connectivity index (χ1v) is 7.99. The van der Waals surface area contributed by atoms with Gasteiger partial charge in [-0.15, -0.1) is 0 Å². The molecule has 1 aliphatic heterocycles. The molecule has 1 atom stereocenters. The van der Waals surface area contributed by atoms with E-state index in [2.05, 4.69) is 4.98 Å². The number of rotatable bonds is 3. The number of thioether (sulfide) groups is 1. The topological polar surface area (TPSA) is 43.6 Å². The average molecular weight is 290 g/mol. The van der Waals surface area contributed by atoms with Crippen molar-refractivity contribution in [2.45, 2.75) is 30.9 Å². The van der Waals surface area contributed by atoms with Crippen molar-refractivity contribution in [3.8, 4) is 0 Å². The molecule has 2 aromatic heterocycles. The molecule has 0 aliphatic carbocycles. The van der Waals surface area contributed by atoms with Crippen molar-refractivity contribution in [2.24, 2.45) is 0 Å². The molecule has 106 valence electrons. The van der Waals surface area contributed by atoms with Crippen LogP contribution in [-0.4, -0.2) is 33.5 Å². The number of hydrogen-bond acceptors (Lipinski definition) is 4. The molecule has 0 amide bonds. The Morgan fingerprint density at radius 3 is 3.15 bits per heavy atom. The summed E-state index contributed by atoms with van der Waals surface area (Å²) in [6.07, 6.45) is 6.86. The smallest absolute Gasteiger partial charge is 0.355 e. The van der Waals surface area contributed by atoms with Crippen molar-refractivity contribution < 1.29 is 9.53 Å². The maximum atomic E-state index is 11.8. The van der Waals surface area contributed by atoms with Crippen molar-refractivity contribution in [1.82, 2.24) is 9.38 Å². The fraction of sp³-hybridized carbons (Fsp3) is 0.467. The SMILES string of the molecule is COC(=O)c1cccc2nc(CC3CCCCS3)cn12. The molecule has 0 bridgehead atoms. The van der Waals surface area contributed by atoms with E-state index in [1.54, 1.807) is 6.07 Å². The van der Waals surface area contributed by atoms with Crippen LogP contribution in [0.4, 0.5) is 0 Å². The number of methoxy groups -OCH3 is 1. The van der Waals surface area contributed by atoms with E-state index in [-0.39, 0.29) is 5.97 Å². The molecular weight excluding hydrogens is 272 g/mol. The second kappa shape index (κ2) is 5.87. The summed E-state index contributed by atoms with van der Waals surface area (Å²) in [5.41, 5.74) is 2.39. The monoisotopic (exact) mass is 290 g/mol. The lowest BCUT2D eigenvalue weighted by Crippen LogP contribution is -2.12. The number of pyridine rings is 1. The quantitative estimate of drug-likeness (QED) is 0.815. The molecule has 1 saturated heterocycles. The Morgan fingerprint density at radius 1 is 1.50 bits per heavy atom. The second-order valence-corrected chi connectivity index (χ2v) is 6.46. The summed E-state index contributed by atoms with van der Waals surface area (Å²) in [5.74, 6) is 0.928. The molecule has 3 rings (SSSR count). The third-order valence-corrected chi connectivity index (χ3v) is 5.05. The van der Waals surface area contributed by atoms with E-state index in [1.807, 2.05) is 34.5 Å². The maximum absolute atomic E-state index is 11.8. The predicted octanol–water partition coefficient (Wildman–Crippen LogP) is 2.95. The minimum atomic E-state index is -0.327. The van der Waals surface area contributed by atoms with Gasteiger partial charge in [-0.05, 0) is 30.7 Å². The summed E-state index contributed by atoms with van der Waals surface area (Å²) in [6, 6.07) is 5.53. The zero-order valence-corrected chi connectivity index (χ0v) is 12.4. The fourth-order valence-corrected chi connectivity index (χ4v) is 3.96. The van der Waals surface area contributed by atoms with Crippen LogP contribution in [0.15, 0.2) is 24.4 Å². The Balaban J connectivity index is 1.88. The van der Waals surface area contributed by atoms with E-state index in [1.165, 1.54) is 32.1 Å². The molecule has 0 spiro atoms. The zero-order valence-electron chi connectivity index (χ0n) is 11.5. The molecule has 1 aliphatic rings. The standard InChI is InChI=1S/C15H18N2O2S/c1-19-15(18)13-6-4-7-14-16-11(10-17(13)14)9-12-5-2-3-8-20-12/h4,6-7,10,12H,2-3,5,8-9H2,1H3. The Morgan fingerprint density at radius 2 is 2.40 bits per heavy atom. The van der Waals surface area contributed by atoms with E-state index in [0.717, 1.165) is 17.8 Å². The van der Waals surface area contributed by atoms with Gasteiger partial charge in [-0.3, -0.25) is 4.40 Å². The number of aromatic nitrogens is 2. The van der Waals surface area contributed by atoms with E-state index in [4.69, 9.17) is 4.74 Å². The maximum Gasteiger partial charge on any atom is 0.355 e. The first-order valence-electron chi connectivity index (χ1n) is 6.95. The largest absolute Gasteiger partial charge is 0.464 e. The molecule has 2 aromatic rings. The highest BCUT2D eigenvalue weighted by Crippen LogP contribution is 2.27. The third kappa shape index (κ3) is 2.68. The minimum absolute atomic E-state index is 0.327. The number of esters is 1. The van der Waals surface area contributed by atoms with Gasteiger partial charge in [0.15, 0.2) is 0 Å². The van der Waals surface area contributed by atoms with Gasteiger partial charge >= 0.3 is 5.97 Å². The molecule has 1 unspecified atom stereocenters. The number of nitrogens with zero attached hydrogens (tertiary/aromatic N) is 2. The molecule has 5 heteroatoms. The summed E-state index contributed by atoms with van der Waals surface area (Å²) < 4.78 is 6.64. The van der Waals surface area contributed by atoms with Crippen molar-refractivity contribution >= 4 is 23.4 Å². The van der Waals surface area contributed by atoms with Crippen LogP contribution in [0.1, 0.15) is 35.4 Å². The highest BCUT2D eigenvalue weighted by Gasteiger charge is 2.17. The molecule has 4 nitrogen and oxygen atoms in total. The average Bonchev–Trinajstić information content (AvgIpc) is 2.89. The van der Waals surface area contributed by atoms with Crippen molar-refractivity contribution in [1.29, 1.82) is 0 Å². The van der Waals surface area contributed by atoms with Gasteiger partial charge in [0, 0.05) is 17.9 Å². The van der Waals surface area contributed by atoms with Gasteiger partial charge in [-0.2, -0.15) is 11.8 Å². The van der Waals surface area contributed by atoms with Gasteiger partial charge in [0.2, 0.25) is 0 Å². The minimum Gasteiger partial charge on any atom is -0.464 e. The van der Waals surface area contributed by atoms with Crippen LogP contribution < -0.4 is 0 Å². The number of hydrogen-bond donors (Lipinski definition) is 0. The molecular formula is C15H18N2O2S. The Kier molecular flexibility index (Phi) is 3.96. The Labute approximate surface area is 122 Å². The Bertz CT molecular complexity index is 617. The lowest BCUT2D eigenvalue weighted by molar-refractivity contribution is 0.0592. The van der Waals surface area contributed by atoms with Gasteiger partial charge in [-0.1, -0.05) is 12.5 Å². The van der Waals surface area contributed by atoms with E-state index in [9.17, 15) is 4.79 Å². The molecule has 20 heavy (non-hydrogen) atoms. The van der Waals surface area contributed by atoms with Crippen LogP contribution in [0.25, 0.3) is 5.65 Å². The first kappa shape index (κ1) is 13.5. The molecule has 0 radical (unpaired) electrons. The van der Waals surface area contributed by atoms with Gasteiger partial charge in [0.1, 0.15) is 11.3 Å². The number of ether oxygens (including phenoxy) is 1. The van der Waals surface area contributed by atoms with Crippen LogP contribution in [0.5, 0.6) is 0 Å². The number of carbonyl (C=O) groups excluding carboxylic acids is 1. The highest BCUT2D eigenvalue weighted by atomic mass is 32.2. The second-order valence-electron chi connectivity index (χ2n) is 5.06. The number of fused-ring (bicyclic) bond motifs is 1. The van der Waals surface area contributed by atoms with Gasteiger partial charge in [0.05, 0.1) is 12.8 Å². The molecule has 1 fully saturated rings. The van der Waals surface area contributed by atoms with Crippen molar-refractivity contribution in [3.05, 3.63) is 35.8 Å². The Hall–Kier alpha value is -1.49. The summed E-state index contributed by atoms with van der Waals surface area (Å²) in [4.78, 5) is 16.4. The molecule has 0 N–H and O–H groups in total. The molecule has 0 aromatic carbocycles. The summed E-state index contributed by atoms with van der Waals surface area (Å²) in [6.45, 7) is 0. The van der Waals surface area contributed by atoms with Crippen molar-refractivity contribution in [3.63, 3.8) is 0 Å². The first-order chi connectivity index (χ1) is 9.78. The molecule has 0 saturated carbocycles. The van der Waals surface area contributed by atoms with Crippen LogP contribution in [0.2, 0.25) is 0 Å². The predicted molar refractivity (Wildman–Crippen MR) is 80.3 cm³/mol. The fourth-order valence-electron chi connectivity index (χ4n) is 2.63. The van der Waals surface area contributed by atoms with E-state index >= 15 is 0 Å². The lowest BCUT2D eigenvalue weighted by atomic mass is 10.1.